The first kappa shape index (κ1) is 12.8. The molecule has 0 bridgehead atoms. The highest BCUT2D eigenvalue weighted by atomic mass is 32.2. The first-order chi connectivity index (χ1) is 7.49. The van der Waals surface area contributed by atoms with Crippen LogP contribution in [-0.2, 0) is 14.8 Å². The van der Waals surface area contributed by atoms with Crippen molar-refractivity contribution in [1.82, 2.24) is 0 Å². The van der Waals surface area contributed by atoms with E-state index in [0.29, 0.717) is 12.2 Å². The number of hydrogen-bond acceptors (Lipinski definition) is 4. The third-order valence-corrected chi connectivity index (χ3v) is 2.92. The summed E-state index contributed by atoms with van der Waals surface area (Å²) in [6.45, 7) is 2.25. The van der Waals surface area contributed by atoms with Gasteiger partial charge in [-0.05, 0) is 24.6 Å². The topological polar surface area (TPSA) is 93.2 Å². The Balaban J connectivity index is 3.11. The van der Waals surface area contributed by atoms with E-state index in [-0.39, 0.29) is 4.90 Å². The summed E-state index contributed by atoms with van der Waals surface area (Å²) in [5, 5.41) is 12.2. The molecule has 0 radical (unpaired) electrons. The molecule has 88 valence electrons. The Morgan fingerprint density at radius 3 is 2.75 bits per heavy atom. The van der Waals surface area contributed by atoms with Gasteiger partial charge in [-0.1, -0.05) is 12.1 Å². The van der Waals surface area contributed by atoms with Gasteiger partial charge >= 0.3 is 0 Å². The molecule has 1 aromatic carbocycles. The molecule has 0 heterocycles. The molecule has 1 rings (SSSR count). The van der Waals surface area contributed by atoms with Gasteiger partial charge in [-0.2, -0.15) is 0 Å². The molecule has 0 aliphatic carbocycles. The number of hydrogen-bond donors (Lipinski definition) is 2. The Hall–Kier alpha value is -1.24. The van der Waals surface area contributed by atoms with Gasteiger partial charge in [-0.15, -0.1) is 0 Å². The van der Waals surface area contributed by atoms with Gasteiger partial charge in [0.2, 0.25) is 10.0 Å². The third-order valence-electron chi connectivity index (χ3n) is 2.01. The van der Waals surface area contributed by atoms with Crippen LogP contribution in [0.3, 0.4) is 0 Å². The lowest BCUT2D eigenvalue weighted by Gasteiger charge is -2.12. The second-order valence-corrected chi connectivity index (χ2v) is 4.72. The monoisotopic (exact) mass is 242 g/mol. The smallest absolute Gasteiger partial charge is 0.238 e. The number of benzene rings is 1. The lowest BCUT2D eigenvalue weighted by atomic mass is 10.1. The average molecular weight is 242 g/mol. The molecule has 5 nitrogen and oxygen atoms in total. The van der Waals surface area contributed by atoms with Gasteiger partial charge in [0, 0.05) is 12.8 Å². The second kappa shape index (κ2) is 5.20. The molecule has 16 heavy (non-hydrogen) atoms. The molecule has 0 aromatic heterocycles. The highest BCUT2D eigenvalue weighted by Gasteiger charge is 2.12. The van der Waals surface area contributed by atoms with Gasteiger partial charge < -0.3 is 10.1 Å². The maximum atomic E-state index is 11.1. The maximum Gasteiger partial charge on any atom is 0.238 e. The van der Waals surface area contributed by atoms with Gasteiger partial charge in [-0.25, -0.2) is 13.6 Å². The lowest BCUT2D eigenvalue weighted by Crippen LogP contribution is -2.13. The Kier molecular flexibility index (Phi) is 4.17. The molecule has 0 spiro atoms. The number of rotatable bonds is 5. The summed E-state index contributed by atoms with van der Waals surface area (Å²) in [6.07, 6.45) is 0.581. The van der Waals surface area contributed by atoms with Crippen molar-refractivity contribution in [1.29, 1.82) is 5.41 Å². The molecule has 6 heteroatoms. The van der Waals surface area contributed by atoms with E-state index in [1.165, 1.54) is 12.1 Å². The van der Waals surface area contributed by atoms with Crippen molar-refractivity contribution < 1.29 is 13.2 Å². The summed E-state index contributed by atoms with van der Waals surface area (Å²) in [7, 11) is -3.71. The van der Waals surface area contributed by atoms with Gasteiger partial charge in [0.25, 0.3) is 0 Å². The van der Waals surface area contributed by atoms with Crippen LogP contribution in [0, 0.1) is 5.41 Å². The van der Waals surface area contributed by atoms with Gasteiger partial charge in [0.1, 0.15) is 6.10 Å². The third kappa shape index (κ3) is 3.13. The van der Waals surface area contributed by atoms with Gasteiger partial charge in [0.15, 0.2) is 0 Å². The number of nitrogens with one attached hydrogen (secondary N) is 1. The Labute approximate surface area is 94.8 Å². The Morgan fingerprint density at radius 2 is 2.25 bits per heavy atom. The Bertz CT molecular complexity index is 471. The van der Waals surface area contributed by atoms with Crippen molar-refractivity contribution in [2.45, 2.75) is 17.9 Å². The van der Waals surface area contributed by atoms with Crippen LogP contribution >= 0.6 is 0 Å². The number of primary sulfonamides is 1. The summed E-state index contributed by atoms with van der Waals surface area (Å²) in [5.74, 6) is 0. The summed E-state index contributed by atoms with van der Waals surface area (Å²) >= 11 is 0. The van der Waals surface area contributed by atoms with E-state index >= 15 is 0 Å². The fourth-order valence-electron chi connectivity index (χ4n) is 1.29. The molecule has 1 unspecified atom stereocenters. The van der Waals surface area contributed by atoms with Crippen molar-refractivity contribution in [3.63, 3.8) is 0 Å². The zero-order valence-electron chi connectivity index (χ0n) is 8.88. The molecular formula is C10H14N2O3S. The van der Waals surface area contributed by atoms with E-state index in [0.717, 1.165) is 6.21 Å². The van der Waals surface area contributed by atoms with Crippen LogP contribution in [-0.4, -0.2) is 21.2 Å². The first-order valence-electron chi connectivity index (χ1n) is 4.74. The van der Waals surface area contributed by atoms with Crippen molar-refractivity contribution in [3.8, 4) is 0 Å². The van der Waals surface area contributed by atoms with E-state index in [4.69, 9.17) is 15.3 Å². The minimum absolute atomic E-state index is 0.0246. The predicted molar refractivity (Wildman–Crippen MR) is 61.0 cm³/mol. The number of nitrogens with two attached hydrogens (primary N) is 1. The van der Waals surface area contributed by atoms with E-state index in [1.54, 1.807) is 19.1 Å². The molecular weight excluding hydrogens is 228 g/mol. The lowest BCUT2D eigenvalue weighted by molar-refractivity contribution is 0.113. The van der Waals surface area contributed by atoms with E-state index in [2.05, 4.69) is 0 Å². The average Bonchev–Trinajstić information content (AvgIpc) is 2.25. The molecule has 0 aliphatic heterocycles. The van der Waals surface area contributed by atoms with Gasteiger partial charge in [-0.3, -0.25) is 0 Å². The summed E-state index contributed by atoms with van der Waals surface area (Å²) < 4.78 is 27.5. The molecule has 1 aromatic rings. The highest BCUT2D eigenvalue weighted by Crippen LogP contribution is 2.18. The summed E-state index contributed by atoms with van der Waals surface area (Å²) in [4.78, 5) is 0.0246. The van der Waals surface area contributed by atoms with Crippen LogP contribution in [0.2, 0.25) is 0 Å². The minimum Gasteiger partial charge on any atom is -0.368 e. The standard InChI is InChI=1S/C10H14N2O3S/c1-2-15-10(7-11)8-4-3-5-9(6-8)16(12,13)14/h3-7,10-11H,2H2,1H3,(H2,12,13,14). The highest BCUT2D eigenvalue weighted by molar-refractivity contribution is 7.89. The van der Waals surface area contributed by atoms with Crippen LogP contribution in [0.5, 0.6) is 0 Å². The fourth-order valence-corrected chi connectivity index (χ4v) is 1.86. The quantitative estimate of drug-likeness (QED) is 0.756. The van der Waals surface area contributed by atoms with Crippen molar-refractivity contribution in [3.05, 3.63) is 29.8 Å². The zero-order valence-corrected chi connectivity index (χ0v) is 9.70. The molecule has 1 atom stereocenters. The molecule has 0 saturated carbocycles. The normalized spacial score (nSPS) is 13.4. The Morgan fingerprint density at radius 1 is 1.56 bits per heavy atom. The van der Waals surface area contributed by atoms with Crippen LogP contribution < -0.4 is 5.14 Å². The van der Waals surface area contributed by atoms with Crippen LogP contribution in [0.25, 0.3) is 0 Å². The number of ether oxygens (including phenoxy) is 1. The van der Waals surface area contributed by atoms with Gasteiger partial charge in [0.05, 0.1) is 4.90 Å². The summed E-state index contributed by atoms with van der Waals surface area (Å²) in [6, 6.07) is 6.09. The van der Waals surface area contributed by atoms with E-state index in [1.807, 2.05) is 0 Å². The molecule has 3 N–H and O–H groups in total. The minimum atomic E-state index is -3.71. The van der Waals surface area contributed by atoms with Crippen LogP contribution in [0.15, 0.2) is 29.2 Å². The van der Waals surface area contributed by atoms with Crippen molar-refractivity contribution >= 4 is 16.2 Å². The van der Waals surface area contributed by atoms with Crippen molar-refractivity contribution in [2.75, 3.05) is 6.61 Å². The molecule has 0 amide bonds. The largest absolute Gasteiger partial charge is 0.368 e. The van der Waals surface area contributed by atoms with Crippen LogP contribution in [0.1, 0.15) is 18.6 Å². The molecule has 0 saturated heterocycles. The van der Waals surface area contributed by atoms with Crippen LogP contribution in [0.4, 0.5) is 0 Å². The molecule has 0 fully saturated rings. The second-order valence-electron chi connectivity index (χ2n) is 3.16. The number of sulfonamides is 1. The first-order valence-corrected chi connectivity index (χ1v) is 6.28. The van der Waals surface area contributed by atoms with Crippen molar-refractivity contribution in [2.24, 2.45) is 5.14 Å². The van der Waals surface area contributed by atoms with E-state index < -0.39 is 16.1 Å². The fraction of sp³-hybridized carbons (Fsp3) is 0.300. The summed E-state index contributed by atoms with van der Waals surface area (Å²) in [5.41, 5.74) is 0.600. The predicted octanol–water partition coefficient (Wildman–Crippen LogP) is 1.06. The molecule has 0 aliphatic rings. The zero-order chi connectivity index (χ0) is 12.2. The van der Waals surface area contributed by atoms with E-state index in [9.17, 15) is 8.42 Å². The SMILES string of the molecule is CCOC(C=N)c1cccc(S(N)(=O)=O)c1. The maximum absolute atomic E-state index is 11.1.